The number of halogens is 4. The molecule has 112 valence electrons. The van der Waals surface area contributed by atoms with Crippen LogP contribution < -0.4 is 5.32 Å². The van der Waals surface area contributed by atoms with Crippen molar-refractivity contribution >= 4 is 11.6 Å². The van der Waals surface area contributed by atoms with E-state index in [2.05, 4.69) is 5.32 Å². The van der Waals surface area contributed by atoms with Gasteiger partial charge in [0.25, 0.3) is 5.92 Å². The Kier molecular flexibility index (Phi) is 4.90. The van der Waals surface area contributed by atoms with Crippen LogP contribution in [0.3, 0.4) is 0 Å². The van der Waals surface area contributed by atoms with Crippen molar-refractivity contribution in [2.45, 2.75) is 12.0 Å². The second-order valence-electron chi connectivity index (χ2n) is 4.77. The fourth-order valence-corrected chi connectivity index (χ4v) is 2.71. The summed E-state index contributed by atoms with van der Waals surface area (Å²) in [5.41, 5.74) is 0.133. The summed E-state index contributed by atoms with van der Waals surface area (Å²) in [5.74, 6) is -3.93. The van der Waals surface area contributed by atoms with Crippen LogP contribution in [0.25, 0.3) is 0 Å². The molecule has 1 aliphatic heterocycles. The van der Waals surface area contributed by atoms with Gasteiger partial charge in [0.1, 0.15) is 18.5 Å². The molecule has 1 heterocycles. The van der Waals surface area contributed by atoms with Crippen molar-refractivity contribution in [2.24, 2.45) is 0 Å². The summed E-state index contributed by atoms with van der Waals surface area (Å²) in [6, 6.07) is 2.01. The molecule has 1 atom stereocenters. The van der Waals surface area contributed by atoms with E-state index in [0.29, 0.717) is 26.2 Å². The Morgan fingerprint density at radius 1 is 1.35 bits per heavy atom. The van der Waals surface area contributed by atoms with Crippen molar-refractivity contribution in [3.8, 4) is 0 Å². The molecular formula is C13H16ClF3N2O. The number of hydrogen-bond donors (Lipinski definition) is 2. The molecule has 20 heavy (non-hydrogen) atoms. The summed E-state index contributed by atoms with van der Waals surface area (Å²) >= 11 is 5.91. The van der Waals surface area contributed by atoms with Gasteiger partial charge in [0.15, 0.2) is 0 Å². The first-order chi connectivity index (χ1) is 9.45. The lowest BCUT2D eigenvalue weighted by Gasteiger charge is -2.39. The predicted molar refractivity (Wildman–Crippen MR) is 70.6 cm³/mol. The third-order valence-corrected chi connectivity index (χ3v) is 3.71. The molecule has 0 unspecified atom stereocenters. The maximum absolute atomic E-state index is 14.1. The lowest BCUT2D eigenvalue weighted by atomic mass is 9.98. The number of aliphatic hydroxyl groups is 1. The van der Waals surface area contributed by atoms with Crippen LogP contribution in [0, 0.1) is 5.82 Å². The molecule has 1 aliphatic rings. The van der Waals surface area contributed by atoms with Gasteiger partial charge in [0.2, 0.25) is 0 Å². The summed E-state index contributed by atoms with van der Waals surface area (Å²) in [5, 5.41) is 12.0. The molecule has 0 radical (unpaired) electrons. The summed E-state index contributed by atoms with van der Waals surface area (Å²) in [6.45, 7) is 0.699. The molecule has 0 amide bonds. The number of hydrogen-bond acceptors (Lipinski definition) is 3. The van der Waals surface area contributed by atoms with E-state index in [1.165, 1.54) is 6.07 Å². The average Bonchev–Trinajstić information content (AvgIpc) is 2.43. The van der Waals surface area contributed by atoms with Gasteiger partial charge in [-0.2, -0.15) is 0 Å². The largest absolute Gasteiger partial charge is 0.390 e. The highest BCUT2D eigenvalue weighted by Gasteiger charge is 2.44. The van der Waals surface area contributed by atoms with E-state index in [9.17, 15) is 13.2 Å². The Hall–Kier alpha value is -0.820. The highest BCUT2D eigenvalue weighted by molar-refractivity contribution is 6.31. The first kappa shape index (κ1) is 15.6. The zero-order chi connectivity index (χ0) is 14.8. The van der Waals surface area contributed by atoms with Crippen LogP contribution in [0.1, 0.15) is 11.6 Å². The number of nitrogens with zero attached hydrogens (tertiary/aromatic N) is 1. The Balaban J connectivity index is 2.39. The number of aliphatic hydroxyl groups excluding tert-OH is 1. The number of alkyl halides is 2. The quantitative estimate of drug-likeness (QED) is 0.894. The minimum Gasteiger partial charge on any atom is -0.390 e. The van der Waals surface area contributed by atoms with Crippen molar-refractivity contribution < 1.29 is 18.3 Å². The smallest absolute Gasteiger partial charge is 0.289 e. The third-order valence-electron chi connectivity index (χ3n) is 3.38. The van der Waals surface area contributed by atoms with Crippen molar-refractivity contribution in [2.75, 3.05) is 32.8 Å². The molecule has 1 fully saturated rings. The maximum atomic E-state index is 14.1. The van der Waals surface area contributed by atoms with Gasteiger partial charge >= 0.3 is 0 Å². The van der Waals surface area contributed by atoms with Crippen molar-refractivity contribution in [3.05, 3.63) is 34.6 Å². The molecule has 0 saturated carbocycles. The van der Waals surface area contributed by atoms with Crippen LogP contribution in [0.2, 0.25) is 5.02 Å². The van der Waals surface area contributed by atoms with Gasteiger partial charge in [-0.1, -0.05) is 17.7 Å². The van der Waals surface area contributed by atoms with Gasteiger partial charge < -0.3 is 10.4 Å². The van der Waals surface area contributed by atoms with Gasteiger partial charge in [-0.3, -0.25) is 4.90 Å². The van der Waals surface area contributed by atoms with Crippen LogP contribution in [0.15, 0.2) is 18.2 Å². The SMILES string of the molecule is OCC(F)(F)[C@@H](c1ccc(F)cc1Cl)N1CCNCC1. The Labute approximate surface area is 120 Å². The van der Waals surface area contributed by atoms with Gasteiger partial charge in [-0.15, -0.1) is 0 Å². The van der Waals surface area contributed by atoms with Crippen LogP contribution in [-0.4, -0.2) is 48.7 Å². The van der Waals surface area contributed by atoms with Crippen molar-refractivity contribution in [1.29, 1.82) is 0 Å². The minimum atomic E-state index is -3.35. The normalized spacial score (nSPS) is 19.1. The molecule has 2 N–H and O–H groups in total. The number of nitrogens with one attached hydrogen (secondary N) is 1. The summed E-state index contributed by atoms with van der Waals surface area (Å²) in [7, 11) is 0. The molecule has 7 heteroatoms. The van der Waals surface area contributed by atoms with Crippen LogP contribution >= 0.6 is 11.6 Å². The zero-order valence-electron chi connectivity index (χ0n) is 10.8. The van der Waals surface area contributed by atoms with E-state index < -0.39 is 24.4 Å². The average molecular weight is 309 g/mol. The molecule has 2 rings (SSSR count). The van der Waals surface area contributed by atoms with Crippen LogP contribution in [0.5, 0.6) is 0 Å². The second-order valence-corrected chi connectivity index (χ2v) is 5.18. The lowest BCUT2D eigenvalue weighted by molar-refractivity contribution is -0.118. The Bertz CT molecular complexity index is 467. The van der Waals surface area contributed by atoms with Gasteiger partial charge in [-0.25, -0.2) is 13.2 Å². The standard InChI is InChI=1S/C13H16ClF3N2O/c14-11-7-9(15)1-2-10(11)12(13(16,17)8-20)19-5-3-18-4-6-19/h1-2,7,12,18,20H,3-6,8H2/t12-/m1/s1. The molecule has 1 aromatic carbocycles. The monoisotopic (exact) mass is 308 g/mol. The van der Waals surface area contributed by atoms with E-state index in [1.807, 2.05) is 0 Å². The van der Waals surface area contributed by atoms with Crippen LogP contribution in [-0.2, 0) is 0 Å². The topological polar surface area (TPSA) is 35.5 Å². The summed E-state index contributed by atoms with van der Waals surface area (Å²) in [4.78, 5) is 1.56. The lowest BCUT2D eigenvalue weighted by Crippen LogP contribution is -2.51. The minimum absolute atomic E-state index is 0.0540. The van der Waals surface area contributed by atoms with Crippen molar-refractivity contribution in [3.63, 3.8) is 0 Å². The predicted octanol–water partition coefficient (Wildman–Crippen LogP) is 2.05. The van der Waals surface area contributed by atoms with Gasteiger partial charge in [0, 0.05) is 31.2 Å². The maximum Gasteiger partial charge on any atom is 0.289 e. The molecule has 1 saturated heterocycles. The summed E-state index contributed by atoms with van der Waals surface area (Å²) < 4.78 is 41.3. The van der Waals surface area contributed by atoms with E-state index in [1.54, 1.807) is 4.90 Å². The van der Waals surface area contributed by atoms with E-state index in [-0.39, 0.29) is 10.6 Å². The van der Waals surface area contributed by atoms with E-state index in [4.69, 9.17) is 16.7 Å². The highest BCUT2D eigenvalue weighted by atomic mass is 35.5. The van der Waals surface area contributed by atoms with Crippen LogP contribution in [0.4, 0.5) is 13.2 Å². The zero-order valence-corrected chi connectivity index (χ0v) is 11.5. The molecule has 0 aliphatic carbocycles. The third kappa shape index (κ3) is 3.25. The summed E-state index contributed by atoms with van der Waals surface area (Å²) in [6.07, 6.45) is 0. The second kappa shape index (κ2) is 6.30. The van der Waals surface area contributed by atoms with Gasteiger partial charge in [0.05, 0.1) is 0 Å². The first-order valence-electron chi connectivity index (χ1n) is 6.34. The highest BCUT2D eigenvalue weighted by Crippen LogP contribution is 2.39. The first-order valence-corrected chi connectivity index (χ1v) is 6.72. The number of piperazine rings is 1. The molecular weight excluding hydrogens is 293 g/mol. The van der Waals surface area contributed by atoms with E-state index in [0.717, 1.165) is 12.1 Å². The van der Waals surface area contributed by atoms with Crippen molar-refractivity contribution in [1.82, 2.24) is 10.2 Å². The van der Waals surface area contributed by atoms with Gasteiger partial charge in [-0.05, 0) is 17.7 Å². The Morgan fingerprint density at radius 2 is 2.00 bits per heavy atom. The molecule has 0 spiro atoms. The fourth-order valence-electron chi connectivity index (χ4n) is 2.44. The number of benzene rings is 1. The van der Waals surface area contributed by atoms with E-state index >= 15 is 0 Å². The molecule has 3 nitrogen and oxygen atoms in total. The molecule has 0 bridgehead atoms. The molecule has 0 aromatic heterocycles. The molecule has 1 aromatic rings. The Morgan fingerprint density at radius 3 is 2.55 bits per heavy atom. The number of rotatable bonds is 4. The fraction of sp³-hybridized carbons (Fsp3) is 0.538.